The third-order valence-corrected chi connectivity index (χ3v) is 3.32. The Labute approximate surface area is 117 Å². The second-order valence-corrected chi connectivity index (χ2v) is 4.69. The number of hydrogen-bond donors (Lipinski definition) is 1. The summed E-state index contributed by atoms with van der Waals surface area (Å²) in [6, 6.07) is 7.62. The van der Waals surface area contributed by atoms with Crippen molar-refractivity contribution in [2.24, 2.45) is 0 Å². The maximum absolute atomic E-state index is 5.13. The molecule has 6 nitrogen and oxygen atoms in total. The molecule has 0 unspecified atom stereocenters. The minimum absolute atomic E-state index is 0.513. The monoisotopic (exact) mass is 271 g/mol. The van der Waals surface area contributed by atoms with Gasteiger partial charge in [-0.1, -0.05) is 0 Å². The summed E-state index contributed by atoms with van der Waals surface area (Å²) < 4.78 is 5.13. The van der Waals surface area contributed by atoms with Crippen LogP contribution in [0.4, 0.5) is 17.5 Å². The van der Waals surface area contributed by atoms with Gasteiger partial charge in [0.25, 0.3) is 0 Å². The van der Waals surface area contributed by atoms with E-state index in [4.69, 9.17) is 4.74 Å². The van der Waals surface area contributed by atoms with Gasteiger partial charge in [0.1, 0.15) is 5.75 Å². The Morgan fingerprint density at radius 2 is 1.90 bits per heavy atom. The molecule has 20 heavy (non-hydrogen) atoms. The minimum atomic E-state index is 0.513. The van der Waals surface area contributed by atoms with Crippen LogP contribution in [0.3, 0.4) is 0 Å². The van der Waals surface area contributed by atoms with Gasteiger partial charge in [-0.2, -0.15) is 10.1 Å². The molecule has 3 rings (SSSR count). The maximum atomic E-state index is 5.13. The molecule has 104 valence electrons. The van der Waals surface area contributed by atoms with E-state index < -0.39 is 0 Å². The second-order valence-electron chi connectivity index (χ2n) is 4.69. The lowest BCUT2D eigenvalue weighted by atomic mass is 10.3. The standard InChI is InChI=1S/C14H17N5O/c1-20-12-6-4-11(5-7-12)16-14-17-13(10-15-18-14)19-8-2-3-9-19/h4-7,10H,2-3,8-9H2,1H3,(H,16,17,18). The molecular formula is C14H17N5O. The van der Waals surface area contributed by atoms with Crippen LogP contribution in [0.15, 0.2) is 30.5 Å². The minimum Gasteiger partial charge on any atom is -0.497 e. The smallest absolute Gasteiger partial charge is 0.249 e. The number of nitrogens with zero attached hydrogens (tertiary/aromatic N) is 4. The molecule has 1 saturated heterocycles. The Morgan fingerprint density at radius 1 is 1.15 bits per heavy atom. The Balaban J connectivity index is 1.74. The van der Waals surface area contributed by atoms with Gasteiger partial charge in [-0.3, -0.25) is 0 Å². The fraction of sp³-hybridized carbons (Fsp3) is 0.357. The molecule has 0 spiro atoms. The van der Waals surface area contributed by atoms with Gasteiger partial charge < -0.3 is 15.0 Å². The van der Waals surface area contributed by atoms with Gasteiger partial charge in [0.2, 0.25) is 5.95 Å². The highest BCUT2D eigenvalue weighted by Gasteiger charge is 2.14. The molecule has 0 atom stereocenters. The zero-order valence-corrected chi connectivity index (χ0v) is 11.4. The number of nitrogens with one attached hydrogen (secondary N) is 1. The third-order valence-electron chi connectivity index (χ3n) is 3.32. The lowest BCUT2D eigenvalue weighted by Gasteiger charge is -2.15. The third kappa shape index (κ3) is 2.79. The average molecular weight is 271 g/mol. The van der Waals surface area contributed by atoms with Gasteiger partial charge in [-0.15, -0.1) is 5.10 Å². The van der Waals surface area contributed by atoms with Crippen LogP contribution in [-0.4, -0.2) is 35.4 Å². The van der Waals surface area contributed by atoms with E-state index in [-0.39, 0.29) is 0 Å². The summed E-state index contributed by atoms with van der Waals surface area (Å²) in [5.41, 5.74) is 0.908. The largest absolute Gasteiger partial charge is 0.497 e. The van der Waals surface area contributed by atoms with Crippen molar-refractivity contribution in [1.82, 2.24) is 15.2 Å². The topological polar surface area (TPSA) is 63.2 Å². The van der Waals surface area contributed by atoms with Crippen LogP contribution in [0.5, 0.6) is 5.75 Å². The zero-order valence-electron chi connectivity index (χ0n) is 11.4. The Hall–Kier alpha value is -2.37. The van der Waals surface area contributed by atoms with Crippen LogP contribution in [-0.2, 0) is 0 Å². The zero-order chi connectivity index (χ0) is 13.8. The van der Waals surface area contributed by atoms with Gasteiger partial charge in [-0.25, -0.2) is 0 Å². The van der Waals surface area contributed by atoms with Gasteiger partial charge in [0.05, 0.1) is 13.3 Å². The van der Waals surface area contributed by atoms with Crippen molar-refractivity contribution in [3.05, 3.63) is 30.5 Å². The van der Waals surface area contributed by atoms with E-state index in [0.717, 1.165) is 30.3 Å². The van der Waals surface area contributed by atoms with Crippen molar-refractivity contribution in [3.63, 3.8) is 0 Å². The molecular weight excluding hydrogens is 254 g/mol. The molecule has 0 radical (unpaired) electrons. The molecule has 1 N–H and O–H groups in total. The summed E-state index contributed by atoms with van der Waals surface area (Å²) in [5.74, 6) is 2.22. The highest BCUT2D eigenvalue weighted by atomic mass is 16.5. The highest BCUT2D eigenvalue weighted by Crippen LogP contribution is 2.20. The van der Waals surface area contributed by atoms with E-state index in [1.54, 1.807) is 13.3 Å². The summed E-state index contributed by atoms with van der Waals surface area (Å²) in [7, 11) is 1.65. The first-order chi connectivity index (χ1) is 9.85. The first kappa shape index (κ1) is 12.7. The van der Waals surface area contributed by atoms with Gasteiger partial charge in [0, 0.05) is 18.8 Å². The number of methoxy groups -OCH3 is 1. The maximum Gasteiger partial charge on any atom is 0.249 e. The molecule has 0 saturated carbocycles. The predicted molar refractivity (Wildman–Crippen MR) is 77.6 cm³/mol. The summed E-state index contributed by atoms with van der Waals surface area (Å²) in [6.45, 7) is 2.08. The fourth-order valence-corrected chi connectivity index (χ4v) is 2.25. The Bertz CT molecular complexity index is 566. The molecule has 0 aliphatic carbocycles. The fourth-order valence-electron chi connectivity index (χ4n) is 2.25. The molecule has 1 aliphatic heterocycles. The average Bonchev–Trinajstić information content (AvgIpc) is 3.03. The predicted octanol–water partition coefficient (Wildman–Crippen LogP) is 2.22. The Morgan fingerprint density at radius 3 is 2.60 bits per heavy atom. The Kier molecular flexibility index (Phi) is 3.62. The summed E-state index contributed by atoms with van der Waals surface area (Å²) in [4.78, 5) is 6.73. The summed E-state index contributed by atoms with van der Waals surface area (Å²) in [6.07, 6.45) is 4.14. The van der Waals surface area contributed by atoms with Crippen molar-refractivity contribution in [2.75, 3.05) is 30.4 Å². The van der Waals surface area contributed by atoms with E-state index in [1.165, 1.54) is 12.8 Å². The molecule has 6 heteroatoms. The lowest BCUT2D eigenvalue weighted by Crippen LogP contribution is -2.19. The highest BCUT2D eigenvalue weighted by molar-refractivity contribution is 5.55. The number of ether oxygens (including phenoxy) is 1. The van der Waals surface area contributed by atoms with E-state index >= 15 is 0 Å². The first-order valence-electron chi connectivity index (χ1n) is 6.71. The van der Waals surface area contributed by atoms with Crippen LogP contribution >= 0.6 is 0 Å². The van der Waals surface area contributed by atoms with Gasteiger partial charge >= 0.3 is 0 Å². The molecule has 1 aromatic heterocycles. The van der Waals surface area contributed by atoms with Gasteiger partial charge in [-0.05, 0) is 37.1 Å². The number of hydrogen-bond acceptors (Lipinski definition) is 6. The normalized spacial score (nSPS) is 14.3. The number of benzene rings is 1. The SMILES string of the molecule is COc1ccc(Nc2nncc(N3CCCC3)n2)cc1. The molecule has 2 heterocycles. The van der Waals surface area contributed by atoms with Crippen molar-refractivity contribution in [2.45, 2.75) is 12.8 Å². The van der Waals surface area contributed by atoms with Crippen molar-refractivity contribution in [1.29, 1.82) is 0 Å². The first-order valence-corrected chi connectivity index (χ1v) is 6.71. The molecule has 2 aromatic rings. The van der Waals surface area contributed by atoms with Crippen molar-refractivity contribution >= 4 is 17.5 Å². The number of rotatable bonds is 4. The second kappa shape index (κ2) is 5.73. The van der Waals surface area contributed by atoms with Crippen molar-refractivity contribution in [3.8, 4) is 5.75 Å². The molecule has 1 aromatic carbocycles. The number of anilines is 3. The van der Waals surface area contributed by atoms with Gasteiger partial charge in [0.15, 0.2) is 5.82 Å². The van der Waals surface area contributed by atoms with Crippen LogP contribution in [0.2, 0.25) is 0 Å². The summed E-state index contributed by atoms with van der Waals surface area (Å²) >= 11 is 0. The van der Waals surface area contributed by atoms with Crippen LogP contribution in [0.25, 0.3) is 0 Å². The van der Waals surface area contributed by atoms with E-state index in [9.17, 15) is 0 Å². The van der Waals surface area contributed by atoms with Crippen LogP contribution in [0, 0.1) is 0 Å². The van der Waals surface area contributed by atoms with E-state index in [1.807, 2.05) is 24.3 Å². The van der Waals surface area contributed by atoms with Crippen molar-refractivity contribution < 1.29 is 4.74 Å². The van der Waals surface area contributed by atoms with E-state index in [2.05, 4.69) is 25.4 Å². The molecule has 1 aliphatic rings. The quantitative estimate of drug-likeness (QED) is 0.920. The molecule has 0 bridgehead atoms. The molecule has 0 amide bonds. The number of aromatic nitrogens is 3. The van der Waals surface area contributed by atoms with Crippen LogP contribution < -0.4 is 15.0 Å². The molecule has 1 fully saturated rings. The lowest BCUT2D eigenvalue weighted by molar-refractivity contribution is 0.415. The van der Waals surface area contributed by atoms with Crippen LogP contribution in [0.1, 0.15) is 12.8 Å². The van der Waals surface area contributed by atoms with E-state index in [0.29, 0.717) is 5.95 Å². The summed E-state index contributed by atoms with van der Waals surface area (Å²) in [5, 5.41) is 11.2.